The normalized spacial score (nSPS) is 10.7. The number of hydrogen-bond acceptors (Lipinski definition) is 3. The molecule has 0 fully saturated rings. The second kappa shape index (κ2) is 6.24. The van der Waals surface area contributed by atoms with Gasteiger partial charge in [0.2, 0.25) is 5.91 Å². The number of amides is 1. The van der Waals surface area contributed by atoms with Gasteiger partial charge in [-0.1, -0.05) is 36.4 Å². The second-order valence-corrected chi connectivity index (χ2v) is 4.76. The minimum atomic E-state index is -0.0714. The van der Waals surface area contributed by atoms with Crippen LogP contribution in [0, 0.1) is 0 Å². The molecule has 0 atom stereocenters. The van der Waals surface area contributed by atoms with E-state index in [1.54, 1.807) is 6.26 Å². The van der Waals surface area contributed by atoms with Gasteiger partial charge in [0.15, 0.2) is 0 Å². The summed E-state index contributed by atoms with van der Waals surface area (Å²) in [5, 5.41) is 8.13. The molecule has 2 aromatic carbocycles. The van der Waals surface area contributed by atoms with Crippen molar-refractivity contribution < 1.29 is 9.21 Å². The molecule has 0 radical (unpaired) electrons. The van der Waals surface area contributed by atoms with Crippen LogP contribution in [0.25, 0.3) is 10.8 Å². The molecule has 106 valence electrons. The lowest BCUT2D eigenvalue weighted by atomic mass is 10.1. The monoisotopic (exact) mass is 280 g/mol. The average molecular weight is 280 g/mol. The predicted molar refractivity (Wildman–Crippen MR) is 83.0 cm³/mol. The van der Waals surface area contributed by atoms with E-state index in [1.165, 1.54) is 0 Å². The molecule has 4 heteroatoms. The largest absolute Gasteiger partial charge is 0.468 e. The fourth-order valence-electron chi connectivity index (χ4n) is 2.24. The summed E-state index contributed by atoms with van der Waals surface area (Å²) in [5.41, 5.74) is 0.831. The average Bonchev–Trinajstić information content (AvgIpc) is 3.01. The van der Waals surface area contributed by atoms with E-state index < -0.39 is 0 Å². The van der Waals surface area contributed by atoms with E-state index in [0.29, 0.717) is 6.54 Å². The van der Waals surface area contributed by atoms with Gasteiger partial charge in [0.05, 0.1) is 19.4 Å². The maximum atomic E-state index is 12.0. The molecule has 0 unspecified atom stereocenters. The number of carbonyl (C=O) groups is 1. The summed E-state index contributed by atoms with van der Waals surface area (Å²) < 4.78 is 5.20. The fourth-order valence-corrected chi connectivity index (χ4v) is 2.24. The summed E-state index contributed by atoms with van der Waals surface area (Å²) in [4.78, 5) is 12.0. The van der Waals surface area contributed by atoms with Crippen LogP contribution in [0.4, 0.5) is 5.69 Å². The van der Waals surface area contributed by atoms with E-state index in [9.17, 15) is 4.79 Å². The molecule has 0 spiro atoms. The maximum absolute atomic E-state index is 12.0. The van der Waals surface area contributed by atoms with Gasteiger partial charge in [-0.2, -0.15) is 0 Å². The zero-order valence-electron chi connectivity index (χ0n) is 11.5. The van der Waals surface area contributed by atoms with E-state index in [4.69, 9.17) is 4.42 Å². The number of nitrogens with one attached hydrogen (secondary N) is 2. The maximum Gasteiger partial charge on any atom is 0.238 e. The zero-order chi connectivity index (χ0) is 14.5. The van der Waals surface area contributed by atoms with Gasteiger partial charge in [-0.3, -0.25) is 4.79 Å². The Balaban J connectivity index is 1.61. The number of fused-ring (bicyclic) bond motifs is 1. The molecule has 4 nitrogen and oxygen atoms in total. The number of anilines is 1. The van der Waals surface area contributed by atoms with Gasteiger partial charge in [0, 0.05) is 11.1 Å². The summed E-state index contributed by atoms with van der Waals surface area (Å²) in [6.07, 6.45) is 1.62. The van der Waals surface area contributed by atoms with Crippen molar-refractivity contribution in [2.45, 2.75) is 6.54 Å². The third-order valence-corrected chi connectivity index (χ3v) is 3.23. The highest BCUT2D eigenvalue weighted by molar-refractivity contribution is 6.02. The number of benzene rings is 2. The highest BCUT2D eigenvalue weighted by Gasteiger charge is 2.05. The summed E-state index contributed by atoms with van der Waals surface area (Å²) in [6.45, 7) is 0.778. The first-order chi connectivity index (χ1) is 10.3. The lowest BCUT2D eigenvalue weighted by Crippen LogP contribution is -2.27. The van der Waals surface area contributed by atoms with Crippen molar-refractivity contribution in [2.24, 2.45) is 0 Å². The van der Waals surface area contributed by atoms with Crippen LogP contribution in [-0.4, -0.2) is 12.5 Å². The lowest BCUT2D eigenvalue weighted by Gasteiger charge is -2.09. The van der Waals surface area contributed by atoms with Gasteiger partial charge < -0.3 is 15.1 Å². The molecule has 1 heterocycles. The van der Waals surface area contributed by atoms with Crippen molar-refractivity contribution in [3.8, 4) is 0 Å². The second-order valence-electron chi connectivity index (χ2n) is 4.76. The first-order valence-corrected chi connectivity index (χ1v) is 6.83. The Labute approximate surface area is 122 Å². The van der Waals surface area contributed by atoms with Crippen molar-refractivity contribution in [3.63, 3.8) is 0 Å². The van der Waals surface area contributed by atoms with Crippen molar-refractivity contribution >= 4 is 22.4 Å². The molecule has 0 aliphatic heterocycles. The van der Waals surface area contributed by atoms with Crippen LogP contribution in [-0.2, 0) is 11.3 Å². The van der Waals surface area contributed by atoms with Gasteiger partial charge in [-0.15, -0.1) is 0 Å². The summed E-state index contributed by atoms with van der Waals surface area (Å²) >= 11 is 0. The summed E-state index contributed by atoms with van der Waals surface area (Å²) in [6, 6.07) is 17.6. The lowest BCUT2D eigenvalue weighted by molar-refractivity contribution is -0.115. The summed E-state index contributed by atoms with van der Waals surface area (Å²) in [5.74, 6) is 0.742. The predicted octanol–water partition coefficient (Wildman–Crippen LogP) is 3.16. The molecule has 3 aromatic rings. The first kappa shape index (κ1) is 13.4. The molecule has 0 aliphatic carbocycles. The fraction of sp³-hybridized carbons (Fsp3) is 0.118. The molecule has 0 saturated carbocycles. The van der Waals surface area contributed by atoms with E-state index in [-0.39, 0.29) is 12.5 Å². The Morgan fingerprint density at radius 1 is 1.00 bits per heavy atom. The van der Waals surface area contributed by atoms with Crippen molar-refractivity contribution in [3.05, 3.63) is 66.6 Å². The standard InChI is InChI=1S/C17H16N2O2/c20-17(12-18-11-14-7-4-10-21-14)19-16-9-3-6-13-5-1-2-8-15(13)16/h1-10,18H,11-12H2,(H,19,20). The van der Waals surface area contributed by atoms with E-state index in [0.717, 1.165) is 22.2 Å². The molecule has 0 bridgehead atoms. The van der Waals surface area contributed by atoms with Crippen molar-refractivity contribution in [2.75, 3.05) is 11.9 Å². The quantitative estimate of drug-likeness (QED) is 0.755. The highest BCUT2D eigenvalue weighted by atomic mass is 16.3. The molecule has 0 saturated heterocycles. The summed E-state index contributed by atoms with van der Waals surface area (Å²) in [7, 11) is 0. The van der Waals surface area contributed by atoms with Crippen LogP contribution >= 0.6 is 0 Å². The van der Waals surface area contributed by atoms with Gasteiger partial charge in [-0.05, 0) is 23.6 Å². The highest BCUT2D eigenvalue weighted by Crippen LogP contribution is 2.22. The van der Waals surface area contributed by atoms with Gasteiger partial charge >= 0.3 is 0 Å². The minimum Gasteiger partial charge on any atom is -0.468 e. The van der Waals surface area contributed by atoms with E-state index in [1.807, 2.05) is 54.6 Å². The van der Waals surface area contributed by atoms with E-state index in [2.05, 4.69) is 10.6 Å². The Bertz CT molecular complexity index is 730. The van der Waals surface area contributed by atoms with Crippen LogP contribution in [0.15, 0.2) is 65.3 Å². The number of hydrogen-bond donors (Lipinski definition) is 2. The Morgan fingerprint density at radius 2 is 1.86 bits per heavy atom. The Kier molecular flexibility index (Phi) is 3.98. The van der Waals surface area contributed by atoms with Gasteiger partial charge in [0.25, 0.3) is 0 Å². The molecule has 21 heavy (non-hydrogen) atoms. The molecule has 3 rings (SSSR count). The number of rotatable bonds is 5. The molecular formula is C17H16N2O2. The number of furan rings is 1. The van der Waals surface area contributed by atoms with Crippen molar-refractivity contribution in [1.29, 1.82) is 0 Å². The van der Waals surface area contributed by atoms with Gasteiger partial charge in [0.1, 0.15) is 5.76 Å². The minimum absolute atomic E-state index is 0.0714. The topological polar surface area (TPSA) is 54.3 Å². The molecule has 0 aliphatic rings. The molecule has 2 N–H and O–H groups in total. The first-order valence-electron chi connectivity index (χ1n) is 6.83. The van der Waals surface area contributed by atoms with Crippen LogP contribution in [0.1, 0.15) is 5.76 Å². The third-order valence-electron chi connectivity index (χ3n) is 3.23. The van der Waals surface area contributed by atoms with Gasteiger partial charge in [-0.25, -0.2) is 0 Å². The van der Waals surface area contributed by atoms with Crippen molar-refractivity contribution in [1.82, 2.24) is 5.32 Å². The molecular weight excluding hydrogens is 264 g/mol. The Morgan fingerprint density at radius 3 is 2.71 bits per heavy atom. The number of carbonyl (C=O) groups excluding carboxylic acids is 1. The van der Waals surface area contributed by atoms with Crippen LogP contribution < -0.4 is 10.6 Å². The SMILES string of the molecule is O=C(CNCc1ccco1)Nc1cccc2ccccc12. The molecule has 1 aromatic heterocycles. The van der Waals surface area contributed by atoms with E-state index >= 15 is 0 Å². The van der Waals surface area contributed by atoms with Crippen LogP contribution in [0.3, 0.4) is 0 Å². The smallest absolute Gasteiger partial charge is 0.238 e. The van der Waals surface area contributed by atoms with Crippen LogP contribution in [0.2, 0.25) is 0 Å². The zero-order valence-corrected chi connectivity index (χ0v) is 11.5. The van der Waals surface area contributed by atoms with Crippen LogP contribution in [0.5, 0.6) is 0 Å². The third kappa shape index (κ3) is 3.30. The Hall–Kier alpha value is -2.59. The molecule has 1 amide bonds.